The number of nitrogens with zero attached hydrogens (tertiary/aromatic N) is 1. The van der Waals surface area contributed by atoms with Crippen LogP contribution in [0.5, 0.6) is 0 Å². The molecular weight excluding hydrogens is 410 g/mol. The van der Waals surface area contributed by atoms with Crippen LogP contribution in [-0.4, -0.2) is 14.1 Å². The fraction of sp³-hybridized carbons (Fsp3) is 0.212. The van der Waals surface area contributed by atoms with E-state index in [1.807, 2.05) is 0 Å². The molecular formula is C33H27N. The maximum atomic E-state index is 2.53. The molecule has 0 saturated carbocycles. The highest BCUT2D eigenvalue weighted by Crippen LogP contribution is 2.49. The first-order valence-corrected chi connectivity index (χ1v) is 12.7. The molecule has 0 amide bonds. The van der Waals surface area contributed by atoms with E-state index in [1.165, 1.54) is 102 Å². The van der Waals surface area contributed by atoms with E-state index in [-0.39, 0.29) is 0 Å². The van der Waals surface area contributed by atoms with Gasteiger partial charge in [0, 0.05) is 25.2 Å². The fourth-order valence-corrected chi connectivity index (χ4v) is 7.11. The summed E-state index contributed by atoms with van der Waals surface area (Å²) >= 11 is 0. The lowest BCUT2D eigenvalue weighted by Crippen LogP contribution is -2.08. The molecule has 0 N–H and O–H groups in total. The zero-order chi connectivity index (χ0) is 22.6. The van der Waals surface area contributed by atoms with Gasteiger partial charge in [-0.3, -0.25) is 0 Å². The highest BCUT2D eigenvalue weighted by atomic mass is 15.1. The van der Waals surface area contributed by atoms with Gasteiger partial charge < -0.3 is 4.90 Å². The van der Waals surface area contributed by atoms with Crippen LogP contribution in [0.4, 0.5) is 5.69 Å². The van der Waals surface area contributed by atoms with Crippen LogP contribution >= 0.6 is 0 Å². The average molecular weight is 438 g/mol. The Bertz CT molecular complexity index is 1910. The van der Waals surface area contributed by atoms with Crippen LogP contribution in [0, 0.1) is 0 Å². The zero-order valence-corrected chi connectivity index (χ0v) is 19.8. The number of benzene rings is 5. The Morgan fingerprint density at radius 2 is 1.26 bits per heavy atom. The molecule has 34 heavy (non-hydrogen) atoms. The van der Waals surface area contributed by atoms with E-state index in [2.05, 4.69) is 85.7 Å². The van der Waals surface area contributed by atoms with Crippen LogP contribution in [0.25, 0.3) is 64.6 Å². The van der Waals surface area contributed by atoms with E-state index in [0.29, 0.717) is 0 Å². The molecule has 8 rings (SSSR count). The molecule has 0 fully saturated rings. The molecule has 164 valence electrons. The van der Waals surface area contributed by atoms with Gasteiger partial charge in [-0.15, -0.1) is 0 Å². The second kappa shape index (κ2) is 6.51. The first-order valence-electron chi connectivity index (χ1n) is 12.7. The Hall–Kier alpha value is -3.58. The summed E-state index contributed by atoms with van der Waals surface area (Å²) in [4.78, 5) is 2.25. The maximum absolute atomic E-state index is 2.53. The van der Waals surface area contributed by atoms with Gasteiger partial charge >= 0.3 is 0 Å². The van der Waals surface area contributed by atoms with Crippen molar-refractivity contribution in [3.8, 4) is 0 Å². The predicted molar refractivity (Wildman–Crippen MR) is 149 cm³/mol. The van der Waals surface area contributed by atoms with Gasteiger partial charge in [0.15, 0.2) is 0 Å². The van der Waals surface area contributed by atoms with Gasteiger partial charge in [-0.1, -0.05) is 61.0 Å². The average Bonchev–Trinajstić information content (AvgIpc) is 3.34. The van der Waals surface area contributed by atoms with Crippen LogP contribution in [0.2, 0.25) is 0 Å². The molecule has 1 heteroatoms. The summed E-state index contributed by atoms with van der Waals surface area (Å²) in [6, 6.07) is 26.0. The zero-order valence-electron chi connectivity index (χ0n) is 19.8. The van der Waals surface area contributed by atoms with Crippen molar-refractivity contribution >= 4 is 70.3 Å². The number of hydrogen-bond acceptors (Lipinski definition) is 1. The second-order valence-electron chi connectivity index (χ2n) is 10.6. The molecule has 0 saturated heterocycles. The Morgan fingerprint density at radius 1 is 0.529 bits per heavy atom. The number of rotatable bonds is 1. The molecule has 0 unspecified atom stereocenters. The van der Waals surface area contributed by atoms with E-state index >= 15 is 0 Å². The summed E-state index contributed by atoms with van der Waals surface area (Å²) in [6.07, 6.45) is 6.20. The van der Waals surface area contributed by atoms with Gasteiger partial charge in [-0.25, -0.2) is 0 Å². The van der Waals surface area contributed by atoms with Crippen molar-refractivity contribution < 1.29 is 0 Å². The summed E-state index contributed by atoms with van der Waals surface area (Å²) in [6.45, 7) is 0. The minimum Gasteiger partial charge on any atom is -0.377 e. The lowest BCUT2D eigenvalue weighted by molar-refractivity contribution is 0.681. The largest absolute Gasteiger partial charge is 0.377 e. The van der Waals surface area contributed by atoms with Crippen molar-refractivity contribution in [2.75, 3.05) is 19.0 Å². The molecule has 7 aromatic rings. The summed E-state index contributed by atoms with van der Waals surface area (Å²) in [5.74, 6) is 0. The number of aryl methyl sites for hydroxylation is 2. The molecule has 0 heterocycles. The predicted octanol–water partition coefficient (Wildman–Crippen LogP) is 8.82. The normalized spacial score (nSPS) is 14.8. The highest BCUT2D eigenvalue weighted by molar-refractivity contribution is 6.39. The van der Waals surface area contributed by atoms with E-state index in [4.69, 9.17) is 0 Å². The smallest absolute Gasteiger partial charge is 0.0441 e. The number of anilines is 1. The summed E-state index contributed by atoms with van der Waals surface area (Å²) in [5, 5.41) is 17.3. The highest BCUT2D eigenvalue weighted by Gasteiger charge is 2.23. The monoisotopic (exact) mass is 437 g/mol. The molecule has 1 aliphatic carbocycles. The maximum Gasteiger partial charge on any atom is 0.0441 e. The van der Waals surface area contributed by atoms with E-state index < -0.39 is 0 Å². The van der Waals surface area contributed by atoms with Crippen LogP contribution < -0.4 is 4.90 Å². The lowest BCUT2D eigenvalue weighted by Gasteiger charge is -2.15. The van der Waals surface area contributed by atoms with Crippen molar-refractivity contribution in [3.05, 3.63) is 77.9 Å². The van der Waals surface area contributed by atoms with E-state index in [9.17, 15) is 0 Å². The van der Waals surface area contributed by atoms with Gasteiger partial charge in [-0.2, -0.15) is 0 Å². The number of hydrogen-bond donors (Lipinski definition) is 0. The third-order valence-electron chi connectivity index (χ3n) is 8.48. The third-order valence-corrected chi connectivity index (χ3v) is 8.48. The van der Waals surface area contributed by atoms with Crippen LogP contribution in [0.3, 0.4) is 0 Å². The van der Waals surface area contributed by atoms with Gasteiger partial charge in [0.2, 0.25) is 0 Å². The molecule has 2 bridgehead atoms. The molecule has 0 aliphatic heterocycles. The summed E-state index contributed by atoms with van der Waals surface area (Å²) < 4.78 is 0. The second-order valence-corrected chi connectivity index (χ2v) is 10.6. The first kappa shape index (κ1) is 18.8. The molecule has 0 atom stereocenters. The van der Waals surface area contributed by atoms with Gasteiger partial charge in [0.1, 0.15) is 0 Å². The molecule has 1 nitrogen and oxygen atoms in total. The topological polar surface area (TPSA) is 3.24 Å². The standard InChI is InChI=1S/C33H27N/c1-34(2)29-15-14-22-27-18-26-21-11-6-9-20-16-19-8-4-3-5-10-24(33(26)28(17-19)30(20)21)32(27)25-13-7-12-23(29)31(22)25/h6-7,9,11-18H,3-5,8,10H2,1-2H3. The van der Waals surface area contributed by atoms with Crippen molar-refractivity contribution in [2.24, 2.45) is 0 Å². The van der Waals surface area contributed by atoms with Crippen molar-refractivity contribution in [1.29, 1.82) is 0 Å². The summed E-state index contributed by atoms with van der Waals surface area (Å²) in [7, 11) is 4.31. The van der Waals surface area contributed by atoms with Crippen molar-refractivity contribution in [3.63, 3.8) is 0 Å². The molecule has 1 aliphatic rings. The Kier molecular flexibility index (Phi) is 3.60. The van der Waals surface area contributed by atoms with E-state index in [0.717, 1.165) is 6.42 Å². The molecule has 0 radical (unpaired) electrons. The van der Waals surface area contributed by atoms with Crippen molar-refractivity contribution in [2.45, 2.75) is 32.1 Å². The first-order chi connectivity index (χ1) is 16.7. The Balaban J connectivity index is 1.67. The van der Waals surface area contributed by atoms with Gasteiger partial charge in [0.25, 0.3) is 0 Å². The van der Waals surface area contributed by atoms with Gasteiger partial charge in [0.05, 0.1) is 0 Å². The molecule has 0 spiro atoms. The quantitative estimate of drug-likeness (QED) is 0.248. The minimum absolute atomic E-state index is 1.16. The van der Waals surface area contributed by atoms with Crippen LogP contribution in [0.1, 0.15) is 30.4 Å². The molecule has 7 aromatic carbocycles. The van der Waals surface area contributed by atoms with Crippen LogP contribution in [-0.2, 0) is 12.8 Å². The van der Waals surface area contributed by atoms with Crippen LogP contribution in [0.15, 0.2) is 66.7 Å². The third kappa shape index (κ3) is 2.25. The number of fused-ring (bicyclic) bond motifs is 6. The summed E-state index contributed by atoms with van der Waals surface area (Å²) in [5.41, 5.74) is 4.39. The minimum atomic E-state index is 1.16. The van der Waals surface area contributed by atoms with Gasteiger partial charge in [-0.05, 0) is 108 Å². The Labute approximate surface area is 199 Å². The van der Waals surface area contributed by atoms with E-state index in [1.54, 1.807) is 5.56 Å². The SMILES string of the molecule is CN(C)c1ccc2c3cc4c5cccc6cc7cc(c4c(c3c3cccc1c23)CCCCC7)c65. The Morgan fingerprint density at radius 3 is 2.15 bits per heavy atom. The molecule has 0 aromatic heterocycles. The van der Waals surface area contributed by atoms with Crippen molar-refractivity contribution in [1.82, 2.24) is 0 Å². The lowest BCUT2D eigenvalue weighted by atomic mass is 9.92. The fourth-order valence-electron chi connectivity index (χ4n) is 7.11.